The fraction of sp³-hybridized carbons (Fsp3) is 0.636. The van der Waals surface area contributed by atoms with E-state index in [0.29, 0.717) is 6.20 Å². The lowest BCUT2D eigenvalue weighted by Gasteiger charge is -2.16. The molecule has 11 heteroatoms. The monoisotopic (exact) mass is 326 g/mol. The van der Waals surface area contributed by atoms with Gasteiger partial charge in [-0.25, -0.2) is 4.79 Å². The Morgan fingerprint density at radius 3 is 2.41 bits per heavy atom. The molecule has 22 heavy (non-hydrogen) atoms. The molecule has 2 heterocycles. The van der Waals surface area contributed by atoms with Gasteiger partial charge in [0.05, 0.1) is 12.2 Å². The second-order valence-electron chi connectivity index (χ2n) is 4.85. The quantitative estimate of drug-likeness (QED) is 0.522. The molecule has 124 valence electrons. The summed E-state index contributed by atoms with van der Waals surface area (Å²) in [5.74, 6) is 0. The minimum Gasteiger partial charge on any atom is -0.394 e. The molecule has 1 saturated heterocycles. The molecule has 0 bridgehead atoms. The highest BCUT2D eigenvalue weighted by atomic mass is 19.4. The van der Waals surface area contributed by atoms with Crippen LogP contribution in [0.3, 0.4) is 0 Å². The Morgan fingerprint density at radius 2 is 1.91 bits per heavy atom. The van der Waals surface area contributed by atoms with Gasteiger partial charge in [0.15, 0.2) is 0 Å². The highest BCUT2D eigenvalue weighted by Crippen LogP contribution is 2.31. The number of aromatic nitrogens is 2. The van der Waals surface area contributed by atoms with Crippen LogP contribution in [0.5, 0.6) is 0 Å². The number of halogens is 3. The number of H-pyrrole nitrogens is 1. The number of aliphatic hydroxyl groups excluding tert-OH is 3. The molecule has 4 atom stereocenters. The molecule has 8 nitrogen and oxygen atoms in total. The Bertz CT molecular complexity index is 654. The predicted octanol–water partition coefficient (Wildman–Crippen LogP) is -1.75. The van der Waals surface area contributed by atoms with Crippen LogP contribution in [0, 0.1) is 0 Å². The van der Waals surface area contributed by atoms with Gasteiger partial charge in [-0.05, 0) is 0 Å². The van der Waals surface area contributed by atoms with E-state index in [2.05, 4.69) is 0 Å². The first-order chi connectivity index (χ1) is 10.1. The smallest absolute Gasteiger partial charge is 0.394 e. The van der Waals surface area contributed by atoms with Crippen LogP contribution in [-0.2, 0) is 11.3 Å². The summed E-state index contributed by atoms with van der Waals surface area (Å²) in [7, 11) is 0. The van der Waals surface area contributed by atoms with E-state index in [1.165, 1.54) is 0 Å². The van der Waals surface area contributed by atoms with E-state index in [-0.39, 0.29) is 4.57 Å². The Kier molecular flexibility index (Phi) is 4.42. The zero-order valence-corrected chi connectivity index (χ0v) is 10.9. The number of nitrogens with zero attached hydrogens (tertiary/aromatic N) is 1. The molecule has 1 aliphatic heterocycles. The van der Waals surface area contributed by atoms with Crippen LogP contribution < -0.4 is 11.2 Å². The van der Waals surface area contributed by atoms with Crippen molar-refractivity contribution in [3.8, 4) is 0 Å². The molecule has 0 spiro atoms. The fourth-order valence-corrected chi connectivity index (χ4v) is 2.20. The van der Waals surface area contributed by atoms with E-state index >= 15 is 0 Å². The van der Waals surface area contributed by atoms with Gasteiger partial charge in [-0.15, -0.1) is 0 Å². The summed E-state index contributed by atoms with van der Waals surface area (Å²) in [4.78, 5) is 24.8. The molecule has 1 aromatic rings. The molecule has 1 aromatic heterocycles. The van der Waals surface area contributed by atoms with Gasteiger partial charge in [-0.1, -0.05) is 0 Å². The molecule has 0 radical (unpaired) electrons. The predicted molar refractivity (Wildman–Crippen MR) is 64.1 cm³/mol. The molecule has 2 unspecified atom stereocenters. The number of hydrogen-bond donors (Lipinski definition) is 4. The molecule has 4 N–H and O–H groups in total. The van der Waals surface area contributed by atoms with Crippen LogP contribution in [-0.4, -0.2) is 56.0 Å². The Hall–Kier alpha value is -1.69. The van der Waals surface area contributed by atoms with Gasteiger partial charge < -0.3 is 20.1 Å². The number of alkyl halides is 3. The van der Waals surface area contributed by atoms with Crippen molar-refractivity contribution in [1.82, 2.24) is 9.55 Å². The van der Waals surface area contributed by atoms with Crippen LogP contribution in [0.25, 0.3) is 0 Å². The molecule has 1 aliphatic rings. The second kappa shape index (κ2) is 5.83. The standard InChI is InChI=1S/C11H13F3N2O6/c12-11(13,14)3-16-1-4(9(20)15-10(16)21)8-7(19)6(18)5(2-17)22-8/h1,5-8,17-19H,2-3H2,(H,15,20,21)/t5-,6?,7?,8+/m1/s1. The first kappa shape index (κ1) is 16.7. The van der Waals surface area contributed by atoms with Crippen molar-refractivity contribution in [3.63, 3.8) is 0 Å². The van der Waals surface area contributed by atoms with Crippen LogP contribution in [0.4, 0.5) is 13.2 Å². The van der Waals surface area contributed by atoms with Crippen molar-refractivity contribution >= 4 is 0 Å². The first-order valence-electron chi connectivity index (χ1n) is 6.17. The Balaban J connectivity index is 2.42. The Labute approximate surface area is 120 Å². The minimum absolute atomic E-state index is 0.214. The minimum atomic E-state index is -4.69. The summed E-state index contributed by atoms with van der Waals surface area (Å²) in [6.07, 6.45) is -9.87. The van der Waals surface area contributed by atoms with Gasteiger partial charge in [0.25, 0.3) is 5.56 Å². The highest BCUT2D eigenvalue weighted by Gasteiger charge is 2.44. The molecular weight excluding hydrogens is 313 g/mol. The number of nitrogens with one attached hydrogen (secondary N) is 1. The van der Waals surface area contributed by atoms with E-state index in [1.807, 2.05) is 0 Å². The van der Waals surface area contributed by atoms with Crippen LogP contribution in [0.1, 0.15) is 11.7 Å². The number of hydrogen-bond acceptors (Lipinski definition) is 6. The number of rotatable bonds is 3. The van der Waals surface area contributed by atoms with Crippen LogP contribution in [0.2, 0.25) is 0 Å². The fourth-order valence-electron chi connectivity index (χ4n) is 2.20. The highest BCUT2D eigenvalue weighted by molar-refractivity contribution is 5.14. The summed E-state index contributed by atoms with van der Waals surface area (Å²) in [6, 6.07) is 0. The maximum Gasteiger partial charge on any atom is 0.406 e. The van der Waals surface area contributed by atoms with Crippen molar-refractivity contribution in [1.29, 1.82) is 0 Å². The zero-order chi connectivity index (χ0) is 16.7. The summed E-state index contributed by atoms with van der Waals surface area (Å²) in [5, 5.41) is 28.3. The third kappa shape index (κ3) is 3.21. The summed E-state index contributed by atoms with van der Waals surface area (Å²) >= 11 is 0. The normalized spacial score (nSPS) is 29.0. The number of aromatic amines is 1. The summed E-state index contributed by atoms with van der Waals surface area (Å²) < 4.78 is 42.4. The molecular formula is C11H13F3N2O6. The van der Waals surface area contributed by atoms with Gasteiger partial charge in [0.2, 0.25) is 0 Å². The largest absolute Gasteiger partial charge is 0.406 e. The van der Waals surface area contributed by atoms with Crippen LogP contribution in [0.15, 0.2) is 15.8 Å². The van der Waals surface area contributed by atoms with Crippen molar-refractivity contribution in [2.75, 3.05) is 6.61 Å². The van der Waals surface area contributed by atoms with Crippen molar-refractivity contribution < 1.29 is 33.2 Å². The van der Waals surface area contributed by atoms with Gasteiger partial charge in [0, 0.05) is 6.20 Å². The third-order valence-corrected chi connectivity index (χ3v) is 3.24. The van der Waals surface area contributed by atoms with E-state index in [9.17, 15) is 33.0 Å². The van der Waals surface area contributed by atoms with E-state index in [1.54, 1.807) is 4.98 Å². The van der Waals surface area contributed by atoms with E-state index in [4.69, 9.17) is 9.84 Å². The second-order valence-corrected chi connectivity index (χ2v) is 4.85. The molecule has 2 rings (SSSR count). The summed E-state index contributed by atoms with van der Waals surface area (Å²) in [5.41, 5.74) is -2.76. The average Bonchev–Trinajstić information content (AvgIpc) is 2.68. The van der Waals surface area contributed by atoms with E-state index < -0.39 is 60.6 Å². The SMILES string of the molecule is O=c1[nH]c(=O)n(CC(F)(F)F)cc1[C@@H]1O[C@H](CO)C(O)C1O. The Morgan fingerprint density at radius 1 is 1.27 bits per heavy atom. The average molecular weight is 326 g/mol. The maximum atomic E-state index is 12.4. The van der Waals surface area contributed by atoms with Crippen molar-refractivity contribution in [2.45, 2.75) is 37.1 Å². The third-order valence-electron chi connectivity index (χ3n) is 3.24. The van der Waals surface area contributed by atoms with Gasteiger partial charge in [-0.3, -0.25) is 14.3 Å². The summed E-state index contributed by atoms with van der Waals surface area (Å²) in [6.45, 7) is -2.29. The van der Waals surface area contributed by atoms with Gasteiger partial charge >= 0.3 is 11.9 Å². The molecule has 0 amide bonds. The topological polar surface area (TPSA) is 125 Å². The maximum absolute atomic E-state index is 12.4. The molecule has 0 saturated carbocycles. The number of ether oxygens (including phenoxy) is 1. The number of aliphatic hydroxyl groups is 3. The van der Waals surface area contributed by atoms with Gasteiger partial charge in [-0.2, -0.15) is 13.2 Å². The van der Waals surface area contributed by atoms with Gasteiger partial charge in [0.1, 0.15) is 31.0 Å². The van der Waals surface area contributed by atoms with Crippen LogP contribution >= 0.6 is 0 Å². The first-order valence-corrected chi connectivity index (χ1v) is 6.17. The van der Waals surface area contributed by atoms with E-state index in [0.717, 1.165) is 0 Å². The van der Waals surface area contributed by atoms with Crippen molar-refractivity contribution in [3.05, 3.63) is 32.6 Å². The molecule has 0 aromatic carbocycles. The lowest BCUT2D eigenvalue weighted by Crippen LogP contribution is -2.38. The van der Waals surface area contributed by atoms with Crippen molar-refractivity contribution in [2.24, 2.45) is 0 Å². The lowest BCUT2D eigenvalue weighted by atomic mass is 10.0. The molecule has 1 fully saturated rings. The lowest BCUT2D eigenvalue weighted by molar-refractivity contribution is -0.141. The molecule has 0 aliphatic carbocycles. The zero-order valence-electron chi connectivity index (χ0n) is 10.9.